The van der Waals surface area contributed by atoms with Gasteiger partial charge in [0.15, 0.2) is 0 Å². The van der Waals surface area contributed by atoms with Crippen molar-refractivity contribution in [3.05, 3.63) is 0 Å². The topological polar surface area (TPSA) is 574 Å². The molecule has 14 amide bonds. The van der Waals surface area contributed by atoms with Gasteiger partial charge in [0.05, 0.1) is 56.9 Å². The Balaban J connectivity index is 0.836. The van der Waals surface area contributed by atoms with E-state index in [0.717, 1.165) is 19.6 Å². The summed E-state index contributed by atoms with van der Waals surface area (Å²) in [5, 5.41) is 110. The van der Waals surface area contributed by atoms with Gasteiger partial charge in [0.2, 0.25) is 82.7 Å². The first-order valence-corrected chi connectivity index (χ1v) is 37.0. The smallest absolute Gasteiger partial charge is 0.328 e. The van der Waals surface area contributed by atoms with Crippen molar-refractivity contribution in [1.29, 1.82) is 0 Å². The van der Waals surface area contributed by atoms with Gasteiger partial charge in [-0.05, 0) is 130 Å². The molecule has 8 fully saturated rings. The second-order valence-electron chi connectivity index (χ2n) is 28.9. The zero-order valence-corrected chi connectivity index (χ0v) is 60.6. The highest BCUT2D eigenvalue weighted by Gasteiger charge is 2.51. The van der Waals surface area contributed by atoms with Gasteiger partial charge in [-0.25, -0.2) is 4.79 Å². The minimum Gasteiger partial charge on any atom is -0.480 e. The molecule has 0 unspecified atom stereocenters. The molecule has 0 radical (unpaired) electrons. The third-order valence-electron chi connectivity index (χ3n) is 21.7. The highest BCUT2D eigenvalue weighted by Crippen LogP contribution is 2.31. The van der Waals surface area contributed by atoms with Gasteiger partial charge in [-0.3, -0.25) is 72.0 Å². The molecule has 40 heteroatoms. The molecule has 0 aliphatic carbocycles. The number of carbonyl (C=O) groups is 15. The summed E-state index contributed by atoms with van der Waals surface area (Å²) in [7, 11) is 0. The van der Waals surface area contributed by atoms with Gasteiger partial charge in [-0.2, -0.15) is 0 Å². The van der Waals surface area contributed by atoms with Gasteiger partial charge in [-0.15, -0.1) is 0 Å². The van der Waals surface area contributed by atoms with E-state index in [-0.39, 0.29) is 123 Å². The number of carbonyl (C=O) groups excluding carboxylic acids is 14. The molecular weight excluding hydrogens is 1410 g/mol. The lowest BCUT2D eigenvalue weighted by Crippen LogP contribution is -2.63. The first-order chi connectivity index (χ1) is 50.8. The molecule has 0 bridgehead atoms. The normalized spacial score (nSPS) is 26.5. The predicted octanol–water partition coefficient (Wildman–Crippen LogP) is -10.4. The fraction of sp³-hybridized carbons (Fsp3) is 0.776. The van der Waals surface area contributed by atoms with Crippen molar-refractivity contribution in [2.24, 2.45) is 5.73 Å². The zero-order valence-electron chi connectivity index (χ0n) is 60.6. The van der Waals surface area contributed by atoms with E-state index in [1.807, 2.05) is 0 Å². The number of hydrogen-bond acceptors (Lipinski definition) is 25. The summed E-state index contributed by atoms with van der Waals surface area (Å²) in [6, 6.07) is -20.8. The van der Waals surface area contributed by atoms with Gasteiger partial charge >= 0.3 is 5.97 Å². The quantitative estimate of drug-likeness (QED) is 0.0306. The molecule has 598 valence electrons. The maximum absolute atomic E-state index is 14.6. The van der Waals surface area contributed by atoms with Crippen molar-refractivity contribution in [2.75, 3.05) is 78.8 Å². The van der Waals surface area contributed by atoms with Gasteiger partial charge < -0.3 is 123 Å². The van der Waals surface area contributed by atoms with Crippen molar-refractivity contribution >= 4 is 88.7 Å². The number of carboxylic acid groups (broad SMARTS) is 1. The number of likely N-dealkylation sites (tertiary alicyclic amines) is 8. The lowest BCUT2D eigenvalue weighted by Gasteiger charge is -2.35. The molecule has 8 heterocycles. The molecule has 107 heavy (non-hydrogen) atoms. The van der Waals surface area contributed by atoms with Crippen molar-refractivity contribution in [3.63, 3.8) is 0 Å². The van der Waals surface area contributed by atoms with Crippen LogP contribution >= 0.6 is 0 Å². The highest BCUT2D eigenvalue weighted by atomic mass is 16.4. The largest absolute Gasteiger partial charge is 0.480 e. The molecule has 8 rings (SSSR count). The molecule has 8 aliphatic rings. The van der Waals surface area contributed by atoms with Crippen molar-refractivity contribution in [1.82, 2.24) is 76.4 Å². The lowest BCUT2D eigenvalue weighted by molar-refractivity contribution is -0.150. The van der Waals surface area contributed by atoms with Crippen LogP contribution in [0.3, 0.4) is 0 Å². The SMILES string of the molecule is C[C@H](O)[C@H](NC(=O)[C@@H]1CCCN1C(=O)[C@@H]1CCCN1C(=O)[C@@H](N)[C@@H](C)O)C(=O)N1CCC[C@H]1C(=O)N[C@@H](CO)C(=O)N1CCC[C@H]1C(=O)N[C@@H](CO)C(=O)N[C@H](C(=O)N1CCC[C@H]1C(=O)N1CCC[C@H]1C(=O)N[C@H](C(=O)N1CCC[C@H]1C(=O)N[C@@H](CO)N1CCC[C@H]1C(=O)N[C@@H](CO)C(=O)O)[C@@H](C)O)[C@H](C)O. The summed E-state index contributed by atoms with van der Waals surface area (Å²) < 4.78 is 0. The van der Waals surface area contributed by atoms with Crippen LogP contribution in [-0.2, 0) is 71.9 Å². The second-order valence-corrected chi connectivity index (χ2v) is 28.9. The van der Waals surface area contributed by atoms with Crippen LogP contribution in [0.4, 0.5) is 0 Å². The fourth-order valence-electron chi connectivity index (χ4n) is 15.8. The van der Waals surface area contributed by atoms with Crippen LogP contribution in [0, 0.1) is 0 Å². The van der Waals surface area contributed by atoms with Crippen LogP contribution in [0.15, 0.2) is 0 Å². The third-order valence-corrected chi connectivity index (χ3v) is 21.7. The number of nitrogens with one attached hydrogen (secondary N) is 7. The Morgan fingerprint density at radius 2 is 0.617 bits per heavy atom. The van der Waals surface area contributed by atoms with E-state index >= 15 is 0 Å². The Hall–Kier alpha value is -8.35. The molecule has 0 spiro atoms. The first-order valence-electron chi connectivity index (χ1n) is 37.0. The fourth-order valence-corrected chi connectivity index (χ4v) is 15.8. The molecule has 0 aromatic rings. The number of nitrogens with two attached hydrogens (primary N) is 1. The number of rotatable bonds is 31. The van der Waals surface area contributed by atoms with E-state index in [0.29, 0.717) is 32.1 Å². The van der Waals surface area contributed by atoms with E-state index in [9.17, 15) is 118 Å². The Bertz CT molecular complexity index is 3290. The Kier molecular flexibility index (Phi) is 29.7. The second kappa shape index (κ2) is 37.7. The van der Waals surface area contributed by atoms with E-state index in [1.54, 1.807) is 0 Å². The van der Waals surface area contributed by atoms with Gasteiger partial charge in [0.25, 0.3) is 0 Å². The zero-order chi connectivity index (χ0) is 78.6. The van der Waals surface area contributed by atoms with E-state index in [1.165, 1.54) is 47.3 Å². The molecule has 18 N–H and O–H groups in total. The molecule has 20 atom stereocenters. The first kappa shape index (κ1) is 84.3. The summed E-state index contributed by atoms with van der Waals surface area (Å²) in [5.41, 5.74) is 5.92. The molecule has 0 saturated carbocycles. The van der Waals surface area contributed by atoms with Crippen LogP contribution in [0.2, 0.25) is 0 Å². The van der Waals surface area contributed by atoms with Crippen LogP contribution < -0.4 is 43.0 Å². The Morgan fingerprint density at radius 3 is 0.991 bits per heavy atom. The molecule has 8 saturated heterocycles. The van der Waals surface area contributed by atoms with Gasteiger partial charge in [-0.1, -0.05) is 0 Å². The molecule has 0 aromatic carbocycles. The predicted molar refractivity (Wildman–Crippen MR) is 367 cm³/mol. The average molecular weight is 1520 g/mol. The molecule has 0 aromatic heterocycles. The molecule has 40 nitrogen and oxygen atoms in total. The van der Waals surface area contributed by atoms with E-state index in [2.05, 4.69) is 37.2 Å². The van der Waals surface area contributed by atoms with Gasteiger partial charge in [0.1, 0.15) is 90.8 Å². The van der Waals surface area contributed by atoms with Crippen LogP contribution in [0.5, 0.6) is 0 Å². The number of aliphatic hydroxyl groups is 8. The average Bonchev–Trinajstić information content (AvgIpc) is 1.70. The van der Waals surface area contributed by atoms with E-state index < -0.39 is 236 Å². The minimum atomic E-state index is -1.82. The number of aliphatic hydroxyl groups excluding tert-OH is 8. The summed E-state index contributed by atoms with van der Waals surface area (Å²) in [4.78, 5) is 217. The number of amides is 14. The maximum atomic E-state index is 14.6. The standard InChI is InChI=1S/C67H106N16O24/c1-33(88)49(68)63(102)82-27-11-19-46(82)61(100)78-23-7-17-44(78)58(97)74-51(35(3)90)64(103)80-25-9-15-42(80)56(95)70-38(30-85)60(99)77-22-6-14-41(77)55(94)69-37(29-84)53(92)73-50(34(2)89)66(105)83-28-12-20-47(83)62(101)79-24-8-18-45(79)59(98)75-52(36(4)91)65(104)81-26-10-16-43(81)57(96)72-48(32-87)76-21-5-13-40(76)54(93)71-39(31-86)67(106)107/h33-52,84-91H,5-32,68H2,1-4H3,(H,69,94)(H,70,95)(H,71,93)(H,72,96)(H,73,92)(H,74,97)(H,75,98)(H,106,107)/t33-,34+,35+,36-,37+,38+,39+,40+,41+,42+,43+,44+,45+,46+,47+,48-,49+,50+,51+,52+/m1/s1. The summed E-state index contributed by atoms with van der Waals surface area (Å²) in [6.07, 6.45) is -3.42. The lowest BCUT2D eigenvalue weighted by atomic mass is 10.1. The molecule has 8 aliphatic heterocycles. The highest BCUT2D eigenvalue weighted by molar-refractivity contribution is 6.01. The van der Waals surface area contributed by atoms with Gasteiger partial charge in [0, 0.05) is 52.4 Å². The van der Waals surface area contributed by atoms with Crippen molar-refractivity contribution in [3.8, 4) is 0 Å². The number of hydrogen-bond donors (Lipinski definition) is 17. The maximum Gasteiger partial charge on any atom is 0.328 e. The summed E-state index contributed by atoms with van der Waals surface area (Å²) >= 11 is 0. The van der Waals surface area contributed by atoms with Crippen LogP contribution in [-0.4, -0.2) is 374 Å². The Morgan fingerprint density at radius 1 is 0.327 bits per heavy atom. The minimum absolute atomic E-state index is 0.00297. The Labute approximate surface area is 617 Å². The monoisotopic (exact) mass is 1520 g/mol. The summed E-state index contributed by atoms with van der Waals surface area (Å²) in [5.74, 6) is -13.1. The van der Waals surface area contributed by atoms with Crippen molar-refractivity contribution < 1.29 is 118 Å². The number of carboxylic acids is 1. The molecular formula is C67H106N16O24. The third kappa shape index (κ3) is 19.2. The number of nitrogens with zero attached hydrogens (tertiary/aromatic N) is 8. The number of aliphatic carboxylic acids is 1. The van der Waals surface area contributed by atoms with Crippen molar-refractivity contribution in [2.45, 2.75) is 252 Å². The van der Waals surface area contributed by atoms with Crippen LogP contribution in [0.25, 0.3) is 0 Å². The van der Waals surface area contributed by atoms with Crippen LogP contribution in [0.1, 0.15) is 130 Å². The van der Waals surface area contributed by atoms with E-state index in [4.69, 9.17) is 5.73 Å². The summed E-state index contributed by atoms with van der Waals surface area (Å²) in [6.45, 7) is 1.77.